The van der Waals surface area contributed by atoms with Crippen molar-refractivity contribution in [3.05, 3.63) is 73.3 Å². The van der Waals surface area contributed by atoms with E-state index in [9.17, 15) is 0 Å². The van der Waals surface area contributed by atoms with Crippen molar-refractivity contribution in [3.8, 4) is 0 Å². The van der Waals surface area contributed by atoms with E-state index in [1.54, 1.807) is 0 Å². The first kappa shape index (κ1) is 31.5. The average molecular weight is 572 g/mol. The van der Waals surface area contributed by atoms with Gasteiger partial charge in [0.2, 0.25) is 0 Å². The van der Waals surface area contributed by atoms with Crippen LogP contribution >= 0.6 is 0 Å². The number of nitrogens with zero attached hydrogens (tertiary/aromatic N) is 10. The number of hydrogen-bond donors (Lipinski definition) is 0. The number of imidazole rings is 2. The Morgan fingerprint density at radius 1 is 0.615 bits per heavy atom. The zero-order chi connectivity index (χ0) is 26.4. The minimum absolute atomic E-state index is 0. The topological polar surface area (TPSA) is 73.5 Å². The van der Waals surface area contributed by atoms with E-state index in [0.717, 1.165) is 54.2 Å². The number of anilines is 2. The molecule has 0 aliphatic heterocycles. The highest BCUT2D eigenvalue weighted by atomic mass is 35.5. The molecule has 12 heteroatoms. The summed E-state index contributed by atoms with van der Waals surface area (Å²) >= 11 is 0. The van der Waals surface area contributed by atoms with Gasteiger partial charge in [0.05, 0.1) is 53.0 Å². The van der Waals surface area contributed by atoms with Gasteiger partial charge in [-0.15, -0.1) is 0 Å². The Hall–Kier alpha value is -3.76. The van der Waals surface area contributed by atoms with Gasteiger partial charge < -0.3 is 34.6 Å². The third-order valence-corrected chi connectivity index (χ3v) is 6.37. The summed E-state index contributed by atoms with van der Waals surface area (Å²) < 4.78 is 7.75. The predicted molar refractivity (Wildman–Crippen MR) is 146 cm³/mol. The maximum absolute atomic E-state index is 4.37. The number of hydrogen-bond acceptors (Lipinski definition) is 6. The predicted octanol–water partition coefficient (Wildman–Crippen LogP) is -1.19. The van der Waals surface area contributed by atoms with E-state index in [1.807, 2.05) is 95.5 Å². The van der Waals surface area contributed by atoms with Gasteiger partial charge in [0.25, 0.3) is 0 Å². The van der Waals surface area contributed by atoms with Gasteiger partial charge in [0.1, 0.15) is 11.4 Å². The molecule has 0 bridgehead atoms. The normalized spacial score (nSPS) is 11.0. The number of halogens is 2. The van der Waals surface area contributed by atoms with Gasteiger partial charge in [-0.2, -0.15) is 0 Å². The van der Waals surface area contributed by atoms with Crippen LogP contribution in [0, 0.1) is 0 Å². The SMILES string of the molecule is CN(CCCN(C)c1ccc(N=Nc2n(C)cc[n+]2C)cc1)c1ccc(N=Nc2n(C)cc[n+]2C)cc1.[Cl-].[Cl-]. The second kappa shape index (κ2) is 14.4. The molecular formula is C27H36Cl2N10. The second-order valence-electron chi connectivity index (χ2n) is 9.27. The summed E-state index contributed by atoms with van der Waals surface area (Å²) in [5.41, 5.74) is 3.98. The quantitative estimate of drug-likeness (QED) is 0.178. The smallest absolute Gasteiger partial charge is 0.421 e. The van der Waals surface area contributed by atoms with Crippen LogP contribution in [-0.4, -0.2) is 36.3 Å². The highest BCUT2D eigenvalue weighted by molar-refractivity contribution is 5.53. The molecule has 10 nitrogen and oxygen atoms in total. The van der Waals surface area contributed by atoms with Gasteiger partial charge in [0, 0.05) is 48.8 Å². The number of azo groups is 2. The fraction of sp³-hybridized carbons (Fsp3) is 0.333. The van der Waals surface area contributed by atoms with Gasteiger partial charge in [-0.3, -0.25) is 0 Å². The Bertz CT molecular complexity index is 1230. The molecule has 0 atom stereocenters. The van der Waals surface area contributed by atoms with Crippen molar-refractivity contribution in [3.63, 3.8) is 0 Å². The molecule has 2 heterocycles. The molecule has 2 aromatic carbocycles. The lowest BCUT2D eigenvalue weighted by molar-refractivity contribution is -0.657. The molecule has 0 radical (unpaired) electrons. The molecule has 2 aromatic heterocycles. The van der Waals surface area contributed by atoms with Gasteiger partial charge in [-0.1, -0.05) is 10.2 Å². The Morgan fingerprint density at radius 3 is 1.28 bits per heavy atom. The standard InChI is InChI=1S/C27H36N10.2ClH/c1-32(24-12-8-22(9-13-24)28-30-26-34(3)18-19-35(26)4)16-7-17-33(2)25-14-10-23(11-15-25)29-31-27-36(5)20-21-37(27)6;;/h8-15,18-21H,7,16-17H2,1-6H3;2*1H/q+2;;/p-2. The lowest BCUT2D eigenvalue weighted by Crippen LogP contribution is -3.00. The number of benzene rings is 2. The Morgan fingerprint density at radius 2 is 0.974 bits per heavy atom. The fourth-order valence-electron chi connectivity index (χ4n) is 4.00. The largest absolute Gasteiger partial charge is 1.00 e. The molecule has 0 saturated heterocycles. The van der Waals surface area contributed by atoms with E-state index in [-0.39, 0.29) is 24.8 Å². The van der Waals surface area contributed by atoms with Crippen LogP contribution in [0.1, 0.15) is 6.42 Å². The van der Waals surface area contributed by atoms with Gasteiger partial charge >= 0.3 is 11.9 Å². The third kappa shape index (κ3) is 8.11. The first-order chi connectivity index (χ1) is 17.8. The summed E-state index contributed by atoms with van der Waals surface area (Å²) in [5, 5.41) is 17.5. The molecule has 0 N–H and O–H groups in total. The first-order valence-electron chi connectivity index (χ1n) is 12.3. The van der Waals surface area contributed by atoms with Crippen molar-refractivity contribution in [1.29, 1.82) is 0 Å². The molecule has 39 heavy (non-hydrogen) atoms. The average Bonchev–Trinajstić information content (AvgIpc) is 3.40. The lowest BCUT2D eigenvalue weighted by atomic mass is 10.2. The van der Waals surface area contributed by atoms with Gasteiger partial charge in [0.15, 0.2) is 0 Å². The van der Waals surface area contributed by atoms with E-state index in [0.29, 0.717) is 0 Å². The molecule has 208 valence electrons. The lowest BCUT2D eigenvalue weighted by Gasteiger charge is -2.23. The Kier molecular flexibility index (Phi) is 11.6. The van der Waals surface area contributed by atoms with Crippen LogP contribution in [0.4, 0.5) is 34.6 Å². The highest BCUT2D eigenvalue weighted by Gasteiger charge is 2.12. The van der Waals surface area contributed by atoms with Crippen LogP contribution in [0.25, 0.3) is 0 Å². The van der Waals surface area contributed by atoms with Gasteiger partial charge in [-0.05, 0) is 55.0 Å². The molecule has 4 rings (SSSR count). The summed E-state index contributed by atoms with van der Waals surface area (Å²) in [5.74, 6) is 1.59. The molecule has 0 aliphatic rings. The van der Waals surface area contributed by atoms with Crippen molar-refractivity contribution < 1.29 is 33.9 Å². The summed E-state index contributed by atoms with van der Waals surface area (Å²) in [7, 11) is 12.1. The molecule has 0 saturated carbocycles. The van der Waals surface area contributed by atoms with Crippen molar-refractivity contribution in [2.24, 2.45) is 48.6 Å². The van der Waals surface area contributed by atoms with E-state index >= 15 is 0 Å². The molecular weight excluding hydrogens is 535 g/mol. The Balaban J connectivity index is 0.00000267. The Labute approximate surface area is 242 Å². The number of aryl methyl sites for hydroxylation is 4. The van der Waals surface area contributed by atoms with Crippen LogP contribution in [0.2, 0.25) is 0 Å². The second-order valence-corrected chi connectivity index (χ2v) is 9.27. The summed E-state index contributed by atoms with van der Waals surface area (Å²) in [6.07, 6.45) is 8.86. The summed E-state index contributed by atoms with van der Waals surface area (Å²) in [6.45, 7) is 1.90. The molecule has 0 fully saturated rings. The van der Waals surface area contributed by atoms with E-state index in [4.69, 9.17) is 0 Å². The minimum atomic E-state index is 0. The van der Waals surface area contributed by atoms with E-state index in [2.05, 4.69) is 68.6 Å². The number of aromatic nitrogens is 4. The first-order valence-corrected chi connectivity index (χ1v) is 12.3. The minimum Gasteiger partial charge on any atom is -1.00 e. The summed E-state index contributed by atoms with van der Waals surface area (Å²) in [4.78, 5) is 4.53. The molecule has 0 spiro atoms. The van der Waals surface area contributed by atoms with Crippen LogP contribution in [-0.2, 0) is 28.2 Å². The monoisotopic (exact) mass is 570 g/mol. The van der Waals surface area contributed by atoms with Crippen LogP contribution in [0.3, 0.4) is 0 Å². The highest BCUT2D eigenvalue weighted by Crippen LogP contribution is 2.22. The molecule has 4 aromatic rings. The van der Waals surface area contributed by atoms with Gasteiger partial charge in [-0.25, -0.2) is 18.3 Å². The maximum atomic E-state index is 4.37. The summed E-state index contributed by atoms with van der Waals surface area (Å²) in [6, 6.07) is 16.4. The van der Waals surface area contributed by atoms with Crippen molar-refractivity contribution in [2.75, 3.05) is 37.0 Å². The van der Waals surface area contributed by atoms with Crippen LogP contribution in [0.15, 0.2) is 93.8 Å². The van der Waals surface area contributed by atoms with E-state index in [1.165, 1.54) is 0 Å². The molecule has 0 amide bonds. The van der Waals surface area contributed by atoms with Crippen LogP contribution < -0.4 is 43.7 Å². The molecule has 0 unspecified atom stereocenters. The van der Waals surface area contributed by atoms with E-state index < -0.39 is 0 Å². The third-order valence-electron chi connectivity index (χ3n) is 6.37. The van der Waals surface area contributed by atoms with Crippen molar-refractivity contribution in [1.82, 2.24) is 9.13 Å². The van der Waals surface area contributed by atoms with Crippen molar-refractivity contribution >= 4 is 34.6 Å². The van der Waals surface area contributed by atoms with Crippen molar-refractivity contribution in [2.45, 2.75) is 6.42 Å². The zero-order valence-corrected chi connectivity index (χ0v) is 24.8. The van der Waals surface area contributed by atoms with Crippen LogP contribution in [0.5, 0.6) is 0 Å². The number of rotatable bonds is 10. The zero-order valence-electron chi connectivity index (χ0n) is 23.3. The maximum Gasteiger partial charge on any atom is 0.421 e. The molecule has 0 aliphatic carbocycles. The fourth-order valence-corrected chi connectivity index (χ4v) is 4.00.